The van der Waals surface area contributed by atoms with Gasteiger partial charge in [0.2, 0.25) is 5.75 Å². The zero-order chi connectivity index (χ0) is 34.7. The molecule has 3 aliphatic rings. The van der Waals surface area contributed by atoms with E-state index in [4.69, 9.17) is 33.2 Å². The number of fused-ring (bicyclic) bond motifs is 6. The van der Waals surface area contributed by atoms with E-state index in [1.807, 2.05) is 12.1 Å². The number of carbonyl (C=O) groups is 2. The molecule has 0 radical (unpaired) electrons. The van der Waals surface area contributed by atoms with Crippen LogP contribution in [0.3, 0.4) is 0 Å². The lowest BCUT2D eigenvalue weighted by molar-refractivity contribution is -0.176. The maximum Gasteiger partial charge on any atom is 0.338 e. The molecule has 0 spiro atoms. The van der Waals surface area contributed by atoms with E-state index < -0.39 is 24.1 Å². The zero-order valence-electron chi connectivity index (χ0n) is 28.7. The van der Waals surface area contributed by atoms with Gasteiger partial charge in [0.25, 0.3) is 0 Å². The zero-order valence-corrected chi connectivity index (χ0v) is 28.7. The van der Waals surface area contributed by atoms with Crippen LogP contribution in [0.4, 0.5) is 0 Å². The van der Waals surface area contributed by atoms with Gasteiger partial charge in [-0.25, -0.2) is 9.78 Å². The van der Waals surface area contributed by atoms with Gasteiger partial charge in [-0.2, -0.15) is 0 Å². The average Bonchev–Trinajstić information content (AvgIpc) is 3.84. The smallest absolute Gasteiger partial charge is 0.338 e. The summed E-state index contributed by atoms with van der Waals surface area (Å²) in [6.45, 7) is 1.68. The molecule has 2 N–H and O–H groups in total. The number of aromatic amines is 2. The highest BCUT2D eigenvalue weighted by Crippen LogP contribution is 2.51. The number of imidazole rings is 1. The molecule has 4 aromatic rings. The molecule has 2 fully saturated rings. The van der Waals surface area contributed by atoms with Gasteiger partial charge < -0.3 is 43.1 Å². The second-order valence-electron chi connectivity index (χ2n) is 12.5. The number of benzene rings is 2. The normalized spacial score (nSPS) is 24.3. The first kappa shape index (κ1) is 34.1. The molecule has 0 amide bonds. The van der Waals surface area contributed by atoms with Crippen LogP contribution in [0.1, 0.15) is 40.5 Å². The Morgan fingerprint density at radius 3 is 2.31 bits per heavy atom. The third kappa shape index (κ3) is 6.52. The molecule has 13 heteroatoms. The topological polar surface area (TPSA) is 146 Å². The Kier molecular flexibility index (Phi) is 10.3. The van der Waals surface area contributed by atoms with E-state index in [0.29, 0.717) is 23.7 Å². The van der Waals surface area contributed by atoms with Crippen LogP contribution in [-0.2, 0) is 25.4 Å². The molecular weight excluding hydrogens is 632 g/mol. The van der Waals surface area contributed by atoms with E-state index in [2.05, 4.69) is 25.9 Å². The summed E-state index contributed by atoms with van der Waals surface area (Å²) in [5.41, 5.74) is 3.83. The predicted molar refractivity (Wildman–Crippen MR) is 179 cm³/mol. The van der Waals surface area contributed by atoms with Crippen molar-refractivity contribution in [3.8, 4) is 23.0 Å². The predicted octanol–water partition coefficient (Wildman–Crippen LogP) is 4.58. The molecule has 13 nitrogen and oxygen atoms in total. The van der Waals surface area contributed by atoms with Gasteiger partial charge in [-0.3, -0.25) is 9.69 Å². The number of nitrogens with one attached hydrogen (secondary N) is 2. The lowest BCUT2D eigenvalue weighted by atomic mass is 9.63. The highest BCUT2D eigenvalue weighted by Gasteiger charge is 2.54. The Labute approximate surface area is 285 Å². The third-order valence-electron chi connectivity index (χ3n) is 10.2. The van der Waals surface area contributed by atoms with Gasteiger partial charge in [0, 0.05) is 55.3 Å². The Bertz CT molecular complexity index is 1710. The number of aromatic nitrogens is 3. The van der Waals surface area contributed by atoms with Crippen molar-refractivity contribution < 1.29 is 42.7 Å². The van der Waals surface area contributed by atoms with E-state index in [-0.39, 0.29) is 29.4 Å². The third-order valence-corrected chi connectivity index (χ3v) is 10.2. The molecule has 6 atom stereocenters. The summed E-state index contributed by atoms with van der Waals surface area (Å²) >= 11 is 0. The summed E-state index contributed by atoms with van der Waals surface area (Å²) in [7, 11) is 9.10. The van der Waals surface area contributed by atoms with Crippen LogP contribution < -0.4 is 18.9 Å². The second-order valence-corrected chi connectivity index (χ2v) is 12.5. The van der Waals surface area contributed by atoms with E-state index in [1.165, 1.54) is 45.1 Å². The largest absolute Gasteiger partial charge is 0.497 e. The van der Waals surface area contributed by atoms with Crippen LogP contribution in [-0.4, -0.2) is 99.7 Å². The van der Waals surface area contributed by atoms with Gasteiger partial charge in [-0.15, -0.1) is 0 Å². The number of piperidine rings is 1. The number of hydrogen-bond donors (Lipinski definition) is 2. The van der Waals surface area contributed by atoms with Crippen LogP contribution in [0.5, 0.6) is 23.0 Å². The summed E-state index contributed by atoms with van der Waals surface area (Å²) in [6.07, 6.45) is 6.00. The number of ether oxygens (including phenoxy) is 7. The molecule has 7 rings (SSSR count). The molecule has 262 valence electrons. The highest BCUT2D eigenvalue weighted by atomic mass is 16.6. The van der Waals surface area contributed by atoms with Crippen LogP contribution in [0.2, 0.25) is 0 Å². The van der Waals surface area contributed by atoms with Crippen molar-refractivity contribution >= 4 is 22.8 Å². The highest BCUT2D eigenvalue weighted by molar-refractivity contribution is 5.91. The number of nitrogens with zero attached hydrogens (tertiary/aromatic N) is 2. The van der Waals surface area contributed by atoms with E-state index in [1.54, 1.807) is 45.1 Å². The number of hydrogen-bond acceptors (Lipinski definition) is 11. The molecule has 49 heavy (non-hydrogen) atoms. The summed E-state index contributed by atoms with van der Waals surface area (Å²) in [6, 6.07) is 9.40. The summed E-state index contributed by atoms with van der Waals surface area (Å²) in [5.74, 6) is 0.441. The van der Waals surface area contributed by atoms with Crippen molar-refractivity contribution in [2.24, 2.45) is 17.8 Å². The van der Waals surface area contributed by atoms with Crippen molar-refractivity contribution in [2.75, 3.05) is 55.7 Å². The molecule has 4 heterocycles. The second kappa shape index (κ2) is 14.8. The molecule has 0 unspecified atom stereocenters. The lowest BCUT2D eigenvalue weighted by Gasteiger charge is -2.52. The Hall–Kier alpha value is -4.75. The van der Waals surface area contributed by atoms with Crippen molar-refractivity contribution in [3.63, 3.8) is 0 Å². The fourth-order valence-electron chi connectivity index (χ4n) is 7.98. The van der Waals surface area contributed by atoms with Gasteiger partial charge >= 0.3 is 11.9 Å². The first-order valence-corrected chi connectivity index (χ1v) is 16.3. The van der Waals surface area contributed by atoms with Crippen LogP contribution in [0, 0.1) is 17.8 Å². The minimum atomic E-state index is -0.670. The molecular formula is C36H44N4O9. The van der Waals surface area contributed by atoms with Crippen molar-refractivity contribution in [3.05, 3.63) is 65.9 Å². The Morgan fingerprint density at radius 2 is 1.71 bits per heavy atom. The average molecular weight is 677 g/mol. The minimum absolute atomic E-state index is 0.0170. The number of rotatable bonds is 8. The molecule has 2 aromatic carbocycles. The molecule has 1 saturated heterocycles. The van der Waals surface area contributed by atoms with E-state index in [9.17, 15) is 9.59 Å². The van der Waals surface area contributed by atoms with E-state index in [0.717, 1.165) is 37.2 Å². The van der Waals surface area contributed by atoms with Crippen molar-refractivity contribution in [1.82, 2.24) is 19.9 Å². The maximum atomic E-state index is 13.5. The fraction of sp³-hybridized carbons (Fsp3) is 0.472. The standard InChI is InChI=1S/C33H40N2O9.C3H4N2/c1-38-19-7-8-20-21-9-10-35-16-18-13-27(44-32(36)17-11-25(39-2)30(41-4)26(12-17)40-3)31(42-5)28(33(37)43-6)22(18)15-24(35)29(21)34-23(20)14-19;1-2-5-3-4-1/h7-8,11-12,14,18,22,24,27-28,31,34H,9-10,13,15-16H2,1-6H3;1-3H,(H,4,5)/t18-,22+,24-,27-,28+,31+;/m1./s1. The van der Waals surface area contributed by atoms with Gasteiger partial charge in [0.05, 0.1) is 59.4 Å². The van der Waals surface area contributed by atoms with Crippen LogP contribution >= 0.6 is 0 Å². The van der Waals surface area contributed by atoms with Crippen LogP contribution in [0.15, 0.2) is 49.1 Å². The SMILES string of the molecule is COC(=O)[C@H]1[C@H]2C[C@@H]3c4[nH]c5cc(OC)ccc5c4CCN3C[C@H]2C[C@@H](OC(=O)c2cc(OC)c(OC)c(OC)c2)[C@@H]1OC.c1c[nH]cn1. The van der Waals surface area contributed by atoms with Gasteiger partial charge in [-0.1, -0.05) is 0 Å². The van der Waals surface area contributed by atoms with Gasteiger partial charge in [-0.05, 0) is 60.9 Å². The van der Waals surface area contributed by atoms with Crippen molar-refractivity contribution in [1.29, 1.82) is 0 Å². The Morgan fingerprint density at radius 1 is 0.939 bits per heavy atom. The van der Waals surface area contributed by atoms with Gasteiger partial charge in [0.1, 0.15) is 18.0 Å². The summed E-state index contributed by atoms with van der Waals surface area (Å²) < 4.78 is 39.1. The van der Waals surface area contributed by atoms with Crippen LogP contribution in [0.25, 0.3) is 10.9 Å². The maximum absolute atomic E-state index is 13.5. The van der Waals surface area contributed by atoms with Gasteiger partial charge in [0.15, 0.2) is 11.5 Å². The van der Waals surface area contributed by atoms with Crippen molar-refractivity contribution in [2.45, 2.75) is 37.5 Å². The molecule has 2 aromatic heterocycles. The molecule has 1 aliphatic carbocycles. The Balaban J connectivity index is 0.000000765. The van der Waals surface area contributed by atoms with E-state index >= 15 is 0 Å². The summed E-state index contributed by atoms with van der Waals surface area (Å²) in [4.78, 5) is 39.6. The minimum Gasteiger partial charge on any atom is -0.497 e. The summed E-state index contributed by atoms with van der Waals surface area (Å²) in [5, 5.41) is 1.21. The first-order chi connectivity index (χ1) is 23.8. The first-order valence-electron chi connectivity index (χ1n) is 16.3. The molecule has 0 bridgehead atoms. The number of carbonyl (C=O) groups excluding carboxylic acids is 2. The number of H-pyrrole nitrogens is 2. The number of methoxy groups -OCH3 is 6. The number of esters is 2. The molecule has 2 aliphatic heterocycles. The molecule has 1 saturated carbocycles. The monoisotopic (exact) mass is 676 g/mol. The quantitative estimate of drug-likeness (QED) is 0.253. The fourth-order valence-corrected chi connectivity index (χ4v) is 7.98. The lowest BCUT2D eigenvalue weighted by Crippen LogP contribution is -2.58.